The second-order valence-electron chi connectivity index (χ2n) is 5.61. The van der Waals surface area contributed by atoms with Gasteiger partial charge in [0.25, 0.3) is 5.78 Å². The van der Waals surface area contributed by atoms with Crippen molar-refractivity contribution in [1.82, 2.24) is 29.5 Å². The summed E-state index contributed by atoms with van der Waals surface area (Å²) in [4.78, 5) is 19.1. The number of aromatic nitrogens is 6. The van der Waals surface area contributed by atoms with Gasteiger partial charge in [-0.25, -0.2) is 4.98 Å². The molecular formula is C15H17N7O2. The summed E-state index contributed by atoms with van der Waals surface area (Å²) >= 11 is 0. The lowest BCUT2D eigenvalue weighted by Crippen LogP contribution is -2.27. The average molecular weight is 327 g/mol. The van der Waals surface area contributed by atoms with E-state index >= 15 is 0 Å². The van der Waals surface area contributed by atoms with E-state index < -0.39 is 0 Å². The molecule has 0 aromatic carbocycles. The van der Waals surface area contributed by atoms with E-state index in [4.69, 9.17) is 9.47 Å². The Balaban J connectivity index is 1.50. The maximum absolute atomic E-state index is 5.87. The molecule has 3 aromatic rings. The Bertz CT molecular complexity index is 849. The van der Waals surface area contributed by atoms with Crippen LogP contribution in [0.4, 0.5) is 5.82 Å². The largest absolute Gasteiger partial charge is 0.494 e. The van der Waals surface area contributed by atoms with Gasteiger partial charge in [-0.15, -0.1) is 0 Å². The lowest BCUT2D eigenvalue weighted by Gasteiger charge is -2.19. The zero-order chi connectivity index (χ0) is 16.5. The van der Waals surface area contributed by atoms with E-state index in [0.29, 0.717) is 17.5 Å². The molecule has 9 heteroatoms. The summed E-state index contributed by atoms with van der Waals surface area (Å²) in [6, 6.07) is 2.37. The van der Waals surface area contributed by atoms with E-state index in [1.165, 1.54) is 6.33 Å². The van der Waals surface area contributed by atoms with Crippen LogP contribution in [-0.4, -0.2) is 55.9 Å². The van der Waals surface area contributed by atoms with Crippen LogP contribution in [0.25, 0.3) is 5.78 Å². The van der Waals surface area contributed by atoms with Crippen LogP contribution in [0.3, 0.4) is 0 Å². The van der Waals surface area contributed by atoms with Crippen molar-refractivity contribution in [1.29, 1.82) is 0 Å². The van der Waals surface area contributed by atoms with Gasteiger partial charge in [0.1, 0.15) is 18.2 Å². The number of methoxy groups -OCH3 is 1. The molecule has 4 heterocycles. The van der Waals surface area contributed by atoms with E-state index in [1.807, 2.05) is 13.0 Å². The molecule has 1 fully saturated rings. The lowest BCUT2D eigenvalue weighted by atomic mass is 10.3. The minimum absolute atomic E-state index is 0.0189. The smallest absolute Gasteiger partial charge is 0.316 e. The van der Waals surface area contributed by atoms with Crippen molar-refractivity contribution in [3.63, 3.8) is 0 Å². The summed E-state index contributed by atoms with van der Waals surface area (Å²) in [6.07, 6.45) is 5.61. The number of aryl methyl sites for hydroxylation is 1. The third-order valence-electron chi connectivity index (χ3n) is 3.94. The van der Waals surface area contributed by atoms with Gasteiger partial charge in [-0.05, 0) is 6.92 Å². The van der Waals surface area contributed by atoms with Crippen molar-refractivity contribution in [2.45, 2.75) is 19.4 Å². The van der Waals surface area contributed by atoms with Gasteiger partial charge in [-0.1, -0.05) is 0 Å². The number of nitrogens with zero attached hydrogens (tertiary/aromatic N) is 7. The Morgan fingerprint density at radius 2 is 2.04 bits per heavy atom. The van der Waals surface area contributed by atoms with Crippen molar-refractivity contribution in [2.24, 2.45) is 0 Å². The zero-order valence-corrected chi connectivity index (χ0v) is 13.5. The first kappa shape index (κ1) is 14.6. The Kier molecular flexibility index (Phi) is 3.60. The van der Waals surface area contributed by atoms with Gasteiger partial charge in [0, 0.05) is 24.7 Å². The molecule has 0 radical (unpaired) electrons. The molecule has 3 aromatic heterocycles. The predicted octanol–water partition coefficient (Wildman–Crippen LogP) is 0.889. The molecule has 1 aliphatic rings. The first-order chi connectivity index (χ1) is 11.7. The van der Waals surface area contributed by atoms with Gasteiger partial charge < -0.3 is 14.4 Å². The van der Waals surface area contributed by atoms with Crippen molar-refractivity contribution >= 4 is 11.6 Å². The maximum atomic E-state index is 5.87. The minimum atomic E-state index is 0.0189. The van der Waals surface area contributed by atoms with E-state index in [1.54, 1.807) is 24.0 Å². The van der Waals surface area contributed by atoms with E-state index in [0.717, 1.165) is 31.0 Å². The second-order valence-corrected chi connectivity index (χ2v) is 5.61. The van der Waals surface area contributed by atoms with Crippen LogP contribution in [0, 0.1) is 6.92 Å². The highest BCUT2D eigenvalue weighted by atomic mass is 16.5. The molecule has 0 saturated carbocycles. The molecule has 4 rings (SSSR count). The third-order valence-corrected chi connectivity index (χ3v) is 3.94. The van der Waals surface area contributed by atoms with Gasteiger partial charge >= 0.3 is 6.01 Å². The van der Waals surface area contributed by atoms with Crippen molar-refractivity contribution in [3.8, 4) is 11.8 Å². The van der Waals surface area contributed by atoms with Crippen molar-refractivity contribution in [3.05, 3.63) is 30.5 Å². The number of hydrogen-bond donors (Lipinski definition) is 0. The fourth-order valence-electron chi connectivity index (χ4n) is 2.79. The molecule has 9 nitrogen and oxygen atoms in total. The maximum Gasteiger partial charge on any atom is 0.316 e. The van der Waals surface area contributed by atoms with Crippen LogP contribution in [0.1, 0.15) is 12.1 Å². The SMILES string of the molecule is COc1cnc(OC2CCN(c3cc(C)nc4ncnn34)C2)nc1. The first-order valence-corrected chi connectivity index (χ1v) is 7.68. The molecule has 0 N–H and O–H groups in total. The monoisotopic (exact) mass is 327 g/mol. The number of ether oxygens (including phenoxy) is 2. The summed E-state index contributed by atoms with van der Waals surface area (Å²) in [6.45, 7) is 3.54. The molecule has 1 atom stereocenters. The van der Waals surface area contributed by atoms with Crippen LogP contribution in [0.2, 0.25) is 0 Å². The highest BCUT2D eigenvalue weighted by Crippen LogP contribution is 2.23. The molecule has 0 aliphatic carbocycles. The summed E-state index contributed by atoms with van der Waals surface area (Å²) < 4.78 is 12.7. The second kappa shape index (κ2) is 5.91. The molecule has 24 heavy (non-hydrogen) atoms. The molecular weight excluding hydrogens is 310 g/mol. The number of rotatable bonds is 4. The Hall–Kier alpha value is -2.97. The average Bonchev–Trinajstić information content (AvgIpc) is 3.24. The zero-order valence-electron chi connectivity index (χ0n) is 13.5. The standard InChI is InChI=1S/C15H17N7O2/c1-10-5-13(22-14(20-10)18-9-19-22)21-4-3-11(8-21)24-15-16-6-12(23-2)7-17-15/h5-7,9,11H,3-4,8H2,1-2H3. The van der Waals surface area contributed by atoms with Gasteiger partial charge in [0.05, 0.1) is 26.0 Å². The molecule has 1 aliphatic heterocycles. The summed E-state index contributed by atoms with van der Waals surface area (Å²) in [5, 5.41) is 4.25. The molecule has 0 amide bonds. The van der Waals surface area contributed by atoms with Crippen molar-refractivity contribution < 1.29 is 9.47 Å². The molecule has 1 unspecified atom stereocenters. The summed E-state index contributed by atoms with van der Waals surface area (Å²) in [7, 11) is 1.58. The molecule has 1 saturated heterocycles. The number of hydrogen-bond acceptors (Lipinski definition) is 8. The summed E-state index contributed by atoms with van der Waals surface area (Å²) in [5.74, 6) is 2.18. The molecule has 124 valence electrons. The van der Waals surface area contributed by atoms with Gasteiger partial charge in [0.2, 0.25) is 0 Å². The number of fused-ring (bicyclic) bond motifs is 1. The van der Waals surface area contributed by atoms with Crippen LogP contribution < -0.4 is 14.4 Å². The molecule has 0 bridgehead atoms. The van der Waals surface area contributed by atoms with Gasteiger partial charge in [0.15, 0.2) is 5.75 Å². The highest BCUT2D eigenvalue weighted by molar-refractivity contribution is 5.48. The fraction of sp³-hybridized carbons (Fsp3) is 0.400. The van der Waals surface area contributed by atoms with E-state index in [2.05, 4.69) is 29.9 Å². The lowest BCUT2D eigenvalue weighted by molar-refractivity contribution is 0.205. The minimum Gasteiger partial charge on any atom is -0.494 e. The van der Waals surface area contributed by atoms with Gasteiger partial charge in [-0.2, -0.15) is 24.6 Å². The molecule has 0 spiro atoms. The Labute approximate surface area is 138 Å². The van der Waals surface area contributed by atoms with Crippen LogP contribution in [0.5, 0.6) is 11.8 Å². The summed E-state index contributed by atoms with van der Waals surface area (Å²) in [5.41, 5.74) is 0.911. The van der Waals surface area contributed by atoms with Crippen LogP contribution in [0.15, 0.2) is 24.8 Å². The highest BCUT2D eigenvalue weighted by Gasteiger charge is 2.27. The van der Waals surface area contributed by atoms with E-state index in [-0.39, 0.29) is 6.10 Å². The quantitative estimate of drug-likeness (QED) is 0.698. The Morgan fingerprint density at radius 1 is 1.21 bits per heavy atom. The fourth-order valence-corrected chi connectivity index (χ4v) is 2.79. The van der Waals surface area contributed by atoms with Gasteiger partial charge in [-0.3, -0.25) is 0 Å². The van der Waals surface area contributed by atoms with Crippen LogP contribution >= 0.6 is 0 Å². The number of anilines is 1. The van der Waals surface area contributed by atoms with Crippen LogP contribution in [-0.2, 0) is 0 Å². The normalized spacial score (nSPS) is 17.4. The predicted molar refractivity (Wildman–Crippen MR) is 85.3 cm³/mol. The van der Waals surface area contributed by atoms with E-state index in [9.17, 15) is 0 Å². The third kappa shape index (κ3) is 2.68. The topological polar surface area (TPSA) is 90.6 Å². The Morgan fingerprint density at radius 3 is 2.83 bits per heavy atom. The van der Waals surface area contributed by atoms with Crippen molar-refractivity contribution in [2.75, 3.05) is 25.1 Å². The first-order valence-electron chi connectivity index (χ1n) is 7.68.